The number of likely N-dealkylation sites (tertiary alicyclic amines) is 1. The average molecular weight is 664 g/mol. The Hall–Kier alpha value is -3.67. The van der Waals surface area contributed by atoms with E-state index in [1.165, 1.54) is 19.4 Å². The first-order chi connectivity index (χ1) is 22.0. The second-order valence-corrected chi connectivity index (χ2v) is 12.6. The van der Waals surface area contributed by atoms with Gasteiger partial charge in [0.05, 0.1) is 29.1 Å². The maximum absolute atomic E-state index is 13.2. The van der Waals surface area contributed by atoms with E-state index < -0.39 is 12.1 Å². The highest BCUT2D eigenvalue weighted by atomic mass is 35.5. The minimum atomic E-state index is -5.08. The summed E-state index contributed by atoms with van der Waals surface area (Å²) in [6.45, 7) is 9.14. The predicted molar refractivity (Wildman–Crippen MR) is 163 cm³/mol. The lowest BCUT2D eigenvalue weighted by molar-refractivity contribution is -0.192. The Morgan fingerprint density at radius 2 is 1.72 bits per heavy atom. The fraction of sp³-hybridized carbons (Fsp3) is 0.581. The van der Waals surface area contributed by atoms with Crippen molar-refractivity contribution in [3.8, 4) is 11.8 Å². The van der Waals surface area contributed by atoms with Crippen LogP contribution in [0.5, 0.6) is 5.75 Å². The van der Waals surface area contributed by atoms with E-state index in [0.29, 0.717) is 33.9 Å². The quantitative estimate of drug-likeness (QED) is 0.471. The number of aromatic nitrogens is 2. The summed E-state index contributed by atoms with van der Waals surface area (Å²) in [5.41, 5.74) is 0.871. The van der Waals surface area contributed by atoms with E-state index in [1.807, 2.05) is 4.90 Å². The van der Waals surface area contributed by atoms with Gasteiger partial charge in [0, 0.05) is 65.0 Å². The molecule has 4 fully saturated rings. The van der Waals surface area contributed by atoms with Crippen LogP contribution in [0.2, 0.25) is 5.02 Å². The highest BCUT2D eigenvalue weighted by Gasteiger charge is 2.43. The molecular formula is C31H37ClF3N7O4. The summed E-state index contributed by atoms with van der Waals surface area (Å²) < 4.78 is 37.9. The maximum Gasteiger partial charge on any atom is 0.490 e. The number of benzene rings is 1. The van der Waals surface area contributed by atoms with E-state index in [1.54, 1.807) is 30.6 Å². The van der Waals surface area contributed by atoms with Gasteiger partial charge in [0.25, 0.3) is 5.91 Å². The third-order valence-electron chi connectivity index (χ3n) is 9.12. The molecule has 1 amide bonds. The van der Waals surface area contributed by atoms with Gasteiger partial charge in [0.15, 0.2) is 0 Å². The lowest BCUT2D eigenvalue weighted by Gasteiger charge is -2.36. The molecule has 0 unspecified atom stereocenters. The van der Waals surface area contributed by atoms with Crippen LogP contribution >= 0.6 is 11.6 Å². The SMILES string of the molecule is N#Cc1ccc(O[C@@H]2C[C@@H]3CN(C(=O)c4cnc(N5CCC(CN6CCNCC6)CC5)cn4)C[C@@H]3C2)cc1Cl.O=C(O)C(F)(F)F. The molecule has 46 heavy (non-hydrogen) atoms. The van der Waals surface area contributed by atoms with Crippen molar-refractivity contribution in [2.75, 3.05) is 63.8 Å². The van der Waals surface area contributed by atoms with E-state index in [9.17, 15) is 18.0 Å². The molecule has 3 saturated heterocycles. The van der Waals surface area contributed by atoms with E-state index >= 15 is 0 Å². The number of amides is 1. The lowest BCUT2D eigenvalue weighted by atomic mass is 9.96. The van der Waals surface area contributed by atoms with Gasteiger partial charge >= 0.3 is 12.1 Å². The van der Waals surface area contributed by atoms with E-state index in [-0.39, 0.29) is 12.0 Å². The molecule has 4 aliphatic rings. The highest BCUT2D eigenvalue weighted by Crippen LogP contribution is 2.40. The summed E-state index contributed by atoms with van der Waals surface area (Å²) in [5, 5.41) is 20.0. The number of aliphatic carboxylic acids is 1. The zero-order valence-electron chi connectivity index (χ0n) is 25.3. The Kier molecular flexibility index (Phi) is 10.9. The molecule has 2 N–H and O–H groups in total. The largest absolute Gasteiger partial charge is 0.490 e. The number of piperidine rings is 1. The van der Waals surface area contributed by atoms with Crippen LogP contribution in [0.3, 0.4) is 0 Å². The van der Waals surface area contributed by atoms with Gasteiger partial charge in [-0.1, -0.05) is 11.6 Å². The molecule has 1 aliphatic carbocycles. The molecule has 248 valence electrons. The number of alkyl halides is 3. The van der Waals surface area contributed by atoms with Crippen LogP contribution in [0.15, 0.2) is 30.6 Å². The summed E-state index contributed by atoms with van der Waals surface area (Å²) in [6.07, 6.45) is 2.59. The van der Waals surface area contributed by atoms with Gasteiger partial charge in [-0.25, -0.2) is 14.8 Å². The molecule has 2 aromatic rings. The number of carboxylic acid groups (broad SMARTS) is 1. The number of carbonyl (C=O) groups is 2. The molecule has 0 bridgehead atoms. The molecular weight excluding hydrogens is 627 g/mol. The maximum atomic E-state index is 13.2. The average Bonchev–Trinajstić information content (AvgIpc) is 3.61. The van der Waals surface area contributed by atoms with E-state index in [0.717, 1.165) is 76.9 Å². The van der Waals surface area contributed by atoms with Crippen molar-refractivity contribution in [1.82, 2.24) is 25.1 Å². The van der Waals surface area contributed by atoms with Gasteiger partial charge in [-0.15, -0.1) is 0 Å². The summed E-state index contributed by atoms with van der Waals surface area (Å²) in [7, 11) is 0. The van der Waals surface area contributed by atoms with Crippen LogP contribution < -0.4 is 15.0 Å². The zero-order chi connectivity index (χ0) is 32.8. The normalized spacial score (nSPS) is 23.7. The molecule has 11 nitrogen and oxygen atoms in total. The number of piperazine rings is 1. The van der Waals surface area contributed by atoms with Gasteiger partial charge in [-0.2, -0.15) is 18.4 Å². The number of rotatable bonds is 6. The molecule has 1 aromatic carbocycles. The summed E-state index contributed by atoms with van der Waals surface area (Å²) in [4.78, 5) is 38.1. The van der Waals surface area contributed by atoms with Gasteiger partial charge < -0.3 is 29.9 Å². The highest BCUT2D eigenvalue weighted by molar-refractivity contribution is 6.31. The number of nitrogens with one attached hydrogen (secondary N) is 1. The number of anilines is 1. The molecule has 15 heteroatoms. The molecule has 3 atom stereocenters. The van der Waals surface area contributed by atoms with Crippen molar-refractivity contribution in [3.05, 3.63) is 46.9 Å². The molecule has 0 radical (unpaired) electrons. The minimum absolute atomic E-state index is 0.0329. The van der Waals surface area contributed by atoms with Gasteiger partial charge in [0.2, 0.25) is 0 Å². The third kappa shape index (κ3) is 8.57. The van der Waals surface area contributed by atoms with E-state index in [4.69, 9.17) is 31.5 Å². The number of fused-ring (bicyclic) bond motifs is 1. The first-order valence-corrected chi connectivity index (χ1v) is 15.8. The van der Waals surface area contributed by atoms with Gasteiger partial charge in [-0.3, -0.25) is 4.79 Å². The van der Waals surface area contributed by atoms with Crippen molar-refractivity contribution < 1.29 is 32.6 Å². The second-order valence-electron chi connectivity index (χ2n) is 12.2. The summed E-state index contributed by atoms with van der Waals surface area (Å²) in [5.74, 6) is 0.353. The first kappa shape index (κ1) is 33.7. The summed E-state index contributed by atoms with van der Waals surface area (Å²) in [6, 6.07) is 7.27. The number of carboxylic acids is 1. The van der Waals surface area contributed by atoms with Crippen LogP contribution in [0.4, 0.5) is 19.0 Å². The lowest BCUT2D eigenvalue weighted by Crippen LogP contribution is -2.47. The number of halogens is 4. The second kappa shape index (κ2) is 14.8. The Labute approximate surface area is 270 Å². The topological polar surface area (TPSA) is 135 Å². The van der Waals surface area contributed by atoms with Crippen molar-refractivity contribution in [1.29, 1.82) is 5.26 Å². The van der Waals surface area contributed by atoms with Crippen LogP contribution in [0.25, 0.3) is 0 Å². The van der Waals surface area contributed by atoms with E-state index in [2.05, 4.69) is 31.2 Å². The van der Waals surface area contributed by atoms with Crippen molar-refractivity contribution >= 4 is 29.3 Å². The molecule has 3 aliphatic heterocycles. The Bertz CT molecular complexity index is 1400. The first-order valence-electron chi connectivity index (χ1n) is 15.5. The molecule has 6 rings (SSSR count). The molecule has 1 aromatic heterocycles. The zero-order valence-corrected chi connectivity index (χ0v) is 26.0. The third-order valence-corrected chi connectivity index (χ3v) is 9.44. The number of ether oxygens (including phenoxy) is 1. The predicted octanol–water partition coefficient (Wildman–Crippen LogP) is 3.69. The Balaban J connectivity index is 0.000000537. The molecule has 4 heterocycles. The number of nitriles is 1. The Morgan fingerprint density at radius 1 is 1.07 bits per heavy atom. The van der Waals surface area contributed by atoms with Crippen LogP contribution in [0.1, 0.15) is 41.7 Å². The fourth-order valence-corrected chi connectivity index (χ4v) is 6.93. The number of carbonyl (C=O) groups excluding carboxylic acids is 1. The van der Waals surface area contributed by atoms with Crippen LogP contribution in [-0.4, -0.2) is 108 Å². The fourth-order valence-electron chi connectivity index (χ4n) is 6.72. The standard InChI is InChI=1S/C29H36ClN7O2.C2HF3O2/c30-26-13-24(2-1-21(26)14-31)39-25-11-22-18-37(19-23(22)12-25)29(38)27-15-34-28(16-33-27)36-7-3-20(4-8-36)17-35-9-5-32-6-10-35;3-2(4,5)1(6)7/h1-2,13,15-16,20,22-23,25,32H,3-12,17-19H2;(H,6,7)/t22-,23+,25-;. The summed E-state index contributed by atoms with van der Waals surface area (Å²) >= 11 is 6.15. The van der Waals surface area contributed by atoms with Crippen molar-refractivity contribution in [2.45, 2.75) is 38.0 Å². The number of nitrogens with zero attached hydrogens (tertiary/aromatic N) is 6. The Morgan fingerprint density at radius 3 is 2.26 bits per heavy atom. The van der Waals surface area contributed by atoms with Crippen LogP contribution in [-0.2, 0) is 4.79 Å². The number of hydrogen-bond acceptors (Lipinski definition) is 9. The number of hydrogen-bond donors (Lipinski definition) is 2. The van der Waals surface area contributed by atoms with Gasteiger partial charge in [-0.05, 0) is 55.6 Å². The molecule has 0 spiro atoms. The van der Waals surface area contributed by atoms with Crippen molar-refractivity contribution in [3.63, 3.8) is 0 Å². The van der Waals surface area contributed by atoms with Crippen molar-refractivity contribution in [2.24, 2.45) is 17.8 Å². The smallest absolute Gasteiger partial charge is 0.490 e. The molecule has 1 saturated carbocycles. The van der Waals surface area contributed by atoms with Crippen LogP contribution in [0, 0.1) is 29.1 Å². The monoisotopic (exact) mass is 663 g/mol. The minimum Gasteiger partial charge on any atom is -0.490 e. The van der Waals surface area contributed by atoms with Gasteiger partial charge in [0.1, 0.15) is 23.3 Å².